The summed E-state index contributed by atoms with van der Waals surface area (Å²) in [4.78, 5) is 29.0. The lowest BCUT2D eigenvalue weighted by Crippen LogP contribution is -2.48. The number of thioether (sulfide) groups is 1. The lowest BCUT2D eigenvalue weighted by atomic mass is 10.1. The first-order valence-corrected chi connectivity index (χ1v) is 7.59. The molecule has 0 aromatic heterocycles. The van der Waals surface area contributed by atoms with Crippen LogP contribution in [0.3, 0.4) is 0 Å². The molecule has 2 aliphatic rings. The third-order valence-corrected chi connectivity index (χ3v) is 4.93. The number of carbonyl (C=O) groups excluding carboxylic acids is 1. The maximum atomic E-state index is 12.4. The number of likely N-dealkylation sites (tertiary alicyclic amines) is 1. The monoisotopic (exact) mass is 287 g/mol. The van der Waals surface area contributed by atoms with Gasteiger partial charge in [0.15, 0.2) is 0 Å². The molecule has 2 heterocycles. The van der Waals surface area contributed by atoms with E-state index in [4.69, 9.17) is 5.11 Å². The second-order valence-electron chi connectivity index (χ2n) is 5.52. The zero-order chi connectivity index (χ0) is 14.2. The number of nitrogens with zero attached hydrogens (tertiary/aromatic N) is 3. The molecule has 0 aliphatic carbocycles. The maximum Gasteiger partial charge on any atom is 0.327 e. The predicted octanol–water partition coefficient (Wildman–Crippen LogP) is 0.448. The lowest BCUT2D eigenvalue weighted by Gasteiger charge is -2.27. The molecule has 0 spiro atoms. The molecule has 108 valence electrons. The van der Waals surface area contributed by atoms with Crippen LogP contribution in [0.5, 0.6) is 0 Å². The summed E-state index contributed by atoms with van der Waals surface area (Å²) in [6, 6.07) is -0.456. The van der Waals surface area contributed by atoms with Gasteiger partial charge in [-0.15, -0.1) is 11.8 Å². The van der Waals surface area contributed by atoms with Gasteiger partial charge >= 0.3 is 12.0 Å². The van der Waals surface area contributed by atoms with Crippen LogP contribution in [0.1, 0.15) is 6.92 Å². The van der Waals surface area contributed by atoms with Crippen molar-refractivity contribution in [3.63, 3.8) is 0 Å². The van der Waals surface area contributed by atoms with E-state index in [0.717, 1.165) is 0 Å². The van der Waals surface area contributed by atoms with Gasteiger partial charge in [0.1, 0.15) is 6.04 Å². The molecular weight excluding hydrogens is 266 g/mol. The quantitative estimate of drug-likeness (QED) is 0.799. The number of rotatable bonds is 2. The molecule has 6 nitrogen and oxygen atoms in total. The van der Waals surface area contributed by atoms with E-state index in [1.807, 2.05) is 14.1 Å². The molecule has 7 heteroatoms. The summed E-state index contributed by atoms with van der Waals surface area (Å²) in [6.07, 6.45) is 0. The summed E-state index contributed by atoms with van der Waals surface area (Å²) in [7, 11) is 4.03. The van der Waals surface area contributed by atoms with Crippen molar-refractivity contribution in [2.45, 2.75) is 19.0 Å². The summed E-state index contributed by atoms with van der Waals surface area (Å²) in [6.45, 7) is 3.51. The van der Waals surface area contributed by atoms with Crippen LogP contribution < -0.4 is 0 Å². The number of carbonyl (C=O) groups is 2. The number of urea groups is 1. The Hall–Kier alpha value is -0.950. The van der Waals surface area contributed by atoms with Crippen LogP contribution in [0.25, 0.3) is 0 Å². The molecule has 3 atom stereocenters. The van der Waals surface area contributed by atoms with Gasteiger partial charge in [0, 0.05) is 24.9 Å². The molecule has 19 heavy (non-hydrogen) atoms. The minimum atomic E-state index is -0.908. The van der Waals surface area contributed by atoms with Gasteiger partial charge in [-0.25, -0.2) is 9.59 Å². The third-order valence-electron chi connectivity index (χ3n) is 3.92. The van der Waals surface area contributed by atoms with Crippen LogP contribution in [0, 0.1) is 5.92 Å². The fourth-order valence-corrected chi connectivity index (χ4v) is 3.93. The smallest absolute Gasteiger partial charge is 0.327 e. The second-order valence-corrected chi connectivity index (χ2v) is 6.52. The fraction of sp³-hybridized carbons (Fsp3) is 0.833. The van der Waals surface area contributed by atoms with Crippen LogP contribution in [0.4, 0.5) is 4.79 Å². The van der Waals surface area contributed by atoms with E-state index in [-0.39, 0.29) is 6.03 Å². The van der Waals surface area contributed by atoms with Crippen molar-refractivity contribution in [1.82, 2.24) is 14.7 Å². The predicted molar refractivity (Wildman–Crippen MR) is 74.2 cm³/mol. The zero-order valence-electron chi connectivity index (χ0n) is 11.6. The van der Waals surface area contributed by atoms with Crippen LogP contribution in [-0.4, -0.2) is 82.7 Å². The molecule has 2 rings (SSSR count). The third kappa shape index (κ3) is 2.81. The van der Waals surface area contributed by atoms with Crippen LogP contribution in [0.2, 0.25) is 0 Å². The number of likely N-dealkylation sites (N-methyl/N-ethyl adjacent to an activating group) is 1. The van der Waals surface area contributed by atoms with Crippen molar-refractivity contribution >= 4 is 23.8 Å². The Morgan fingerprint density at radius 2 is 2.00 bits per heavy atom. The van der Waals surface area contributed by atoms with Gasteiger partial charge in [0.2, 0.25) is 0 Å². The minimum Gasteiger partial charge on any atom is -0.480 e. The molecule has 2 amide bonds. The summed E-state index contributed by atoms with van der Waals surface area (Å²) in [5.74, 6) is 0.474. The van der Waals surface area contributed by atoms with Crippen molar-refractivity contribution in [2.75, 3.05) is 38.8 Å². The molecule has 2 saturated heterocycles. The van der Waals surface area contributed by atoms with Gasteiger partial charge in [0.25, 0.3) is 0 Å². The van der Waals surface area contributed by atoms with Crippen molar-refractivity contribution in [3.05, 3.63) is 0 Å². The van der Waals surface area contributed by atoms with Crippen molar-refractivity contribution < 1.29 is 14.7 Å². The average molecular weight is 287 g/mol. The van der Waals surface area contributed by atoms with Gasteiger partial charge in [0.05, 0.1) is 5.88 Å². The van der Waals surface area contributed by atoms with E-state index >= 15 is 0 Å². The Bertz CT molecular complexity index is 377. The SMILES string of the molecule is CC1CN(C(=O)N2CSC[C@H]2C(=O)O)CC1N(C)C. The fourth-order valence-electron chi connectivity index (χ4n) is 2.80. The molecular formula is C12H21N3O3S. The van der Waals surface area contributed by atoms with Gasteiger partial charge in [-0.3, -0.25) is 0 Å². The normalized spacial score (nSPS) is 31.3. The Morgan fingerprint density at radius 3 is 2.53 bits per heavy atom. The van der Waals surface area contributed by atoms with Crippen molar-refractivity contribution in [1.29, 1.82) is 0 Å². The number of aliphatic carboxylic acids is 1. The number of hydrogen-bond donors (Lipinski definition) is 1. The van der Waals surface area contributed by atoms with Crippen LogP contribution >= 0.6 is 11.8 Å². The minimum absolute atomic E-state index is 0.131. The Balaban J connectivity index is 2.03. The van der Waals surface area contributed by atoms with E-state index in [1.54, 1.807) is 4.90 Å². The molecule has 0 radical (unpaired) electrons. The first kappa shape index (κ1) is 14.5. The molecule has 2 unspecified atom stereocenters. The lowest BCUT2D eigenvalue weighted by molar-refractivity contribution is -0.140. The number of carboxylic acid groups (broad SMARTS) is 1. The first-order valence-electron chi connectivity index (χ1n) is 6.44. The maximum absolute atomic E-state index is 12.4. The highest BCUT2D eigenvalue weighted by molar-refractivity contribution is 7.99. The summed E-state index contributed by atoms with van der Waals surface area (Å²) < 4.78 is 0. The van der Waals surface area contributed by atoms with Gasteiger partial charge in [-0.2, -0.15) is 0 Å². The summed E-state index contributed by atoms with van der Waals surface area (Å²) in [5.41, 5.74) is 0. The first-order chi connectivity index (χ1) is 8.91. The van der Waals surface area contributed by atoms with Crippen LogP contribution in [0.15, 0.2) is 0 Å². The second kappa shape index (κ2) is 5.58. The number of carboxylic acids is 1. The van der Waals surface area contributed by atoms with E-state index in [1.165, 1.54) is 16.7 Å². The van der Waals surface area contributed by atoms with E-state index in [2.05, 4.69) is 11.8 Å². The summed E-state index contributed by atoms with van der Waals surface area (Å²) >= 11 is 1.50. The largest absolute Gasteiger partial charge is 0.480 e. The van der Waals surface area contributed by atoms with E-state index < -0.39 is 12.0 Å². The van der Waals surface area contributed by atoms with E-state index in [9.17, 15) is 9.59 Å². The standard InChI is InChI=1S/C12H21N3O3S/c1-8-4-14(5-9(8)13(2)3)12(18)15-7-19-6-10(15)11(16)17/h8-10H,4-7H2,1-3H3,(H,16,17)/t8?,9?,10-/m0/s1. The Morgan fingerprint density at radius 1 is 1.32 bits per heavy atom. The highest BCUT2D eigenvalue weighted by Gasteiger charge is 2.41. The van der Waals surface area contributed by atoms with Gasteiger partial charge in [-0.05, 0) is 20.0 Å². The Kier molecular flexibility index (Phi) is 4.25. The topological polar surface area (TPSA) is 64.1 Å². The Labute approximate surface area is 117 Å². The molecule has 0 aromatic rings. The molecule has 2 fully saturated rings. The molecule has 0 aromatic carbocycles. The average Bonchev–Trinajstić information content (AvgIpc) is 2.93. The van der Waals surface area contributed by atoms with E-state index in [0.29, 0.717) is 36.7 Å². The van der Waals surface area contributed by atoms with Crippen molar-refractivity contribution in [3.8, 4) is 0 Å². The number of amides is 2. The molecule has 2 aliphatic heterocycles. The van der Waals surface area contributed by atoms with Crippen LogP contribution in [-0.2, 0) is 4.79 Å². The molecule has 0 saturated carbocycles. The van der Waals surface area contributed by atoms with Gasteiger partial charge < -0.3 is 19.8 Å². The van der Waals surface area contributed by atoms with Crippen molar-refractivity contribution in [2.24, 2.45) is 5.92 Å². The number of hydrogen-bond acceptors (Lipinski definition) is 4. The van der Waals surface area contributed by atoms with Gasteiger partial charge in [-0.1, -0.05) is 6.92 Å². The zero-order valence-corrected chi connectivity index (χ0v) is 12.4. The highest BCUT2D eigenvalue weighted by atomic mass is 32.2. The molecule has 1 N–H and O–H groups in total. The molecule has 0 bridgehead atoms. The summed E-state index contributed by atoms with van der Waals surface area (Å²) in [5, 5.41) is 9.13. The highest BCUT2D eigenvalue weighted by Crippen LogP contribution is 2.26.